The van der Waals surface area contributed by atoms with Gasteiger partial charge in [-0.1, -0.05) is 6.08 Å². The van der Waals surface area contributed by atoms with Gasteiger partial charge < -0.3 is 15.6 Å². The lowest BCUT2D eigenvalue weighted by Crippen LogP contribution is -2.34. The molecule has 0 aromatic heterocycles. The number of hydrogen-bond donors (Lipinski definition) is 2. The number of aliphatic hydroxyl groups is 1. The average molecular weight is 300 g/mol. The van der Waals surface area contributed by atoms with Crippen LogP contribution in [0.3, 0.4) is 0 Å². The van der Waals surface area contributed by atoms with Gasteiger partial charge in [0.1, 0.15) is 10.6 Å². The second-order valence-corrected chi connectivity index (χ2v) is 5.92. The number of nitrogens with two attached hydrogens (primary N) is 1. The first-order valence-electron chi connectivity index (χ1n) is 6.21. The van der Waals surface area contributed by atoms with Gasteiger partial charge in [0.25, 0.3) is 0 Å². The van der Waals surface area contributed by atoms with E-state index in [1.165, 1.54) is 18.2 Å². The van der Waals surface area contributed by atoms with Gasteiger partial charge in [-0.2, -0.15) is 4.31 Å². The Labute approximate surface area is 119 Å². The summed E-state index contributed by atoms with van der Waals surface area (Å²) in [7, 11) is -3.80. The second kappa shape index (κ2) is 7.28. The standard InChI is InChI=1S/C13H20N2O4S/c1-3-7-15(8-9-16)20(17,18)13-10-11(14)5-6-12(13)19-4-2/h3,5-6,10,16H,1,4,7-9,14H2,2H3. The van der Waals surface area contributed by atoms with Crippen LogP contribution < -0.4 is 10.5 Å². The summed E-state index contributed by atoms with van der Waals surface area (Å²) in [5.41, 5.74) is 5.99. The van der Waals surface area contributed by atoms with Gasteiger partial charge in [0.2, 0.25) is 10.0 Å². The molecule has 0 aliphatic carbocycles. The normalized spacial score (nSPS) is 11.6. The van der Waals surface area contributed by atoms with Crippen LogP contribution >= 0.6 is 0 Å². The molecule has 0 aliphatic heterocycles. The first-order chi connectivity index (χ1) is 9.47. The minimum atomic E-state index is -3.80. The molecule has 1 rings (SSSR count). The van der Waals surface area contributed by atoms with Gasteiger partial charge in [-0.15, -0.1) is 6.58 Å². The summed E-state index contributed by atoms with van der Waals surface area (Å²) in [6.07, 6.45) is 1.46. The molecule has 0 heterocycles. The molecule has 3 N–H and O–H groups in total. The second-order valence-electron chi connectivity index (χ2n) is 4.01. The molecule has 0 atom stereocenters. The van der Waals surface area contributed by atoms with Gasteiger partial charge in [0.05, 0.1) is 13.2 Å². The molecule has 112 valence electrons. The molecular formula is C13H20N2O4S. The summed E-state index contributed by atoms with van der Waals surface area (Å²) in [5.74, 6) is 0.244. The summed E-state index contributed by atoms with van der Waals surface area (Å²) >= 11 is 0. The molecule has 7 heteroatoms. The Morgan fingerprint density at radius 2 is 2.20 bits per heavy atom. The number of nitrogen functional groups attached to an aromatic ring is 1. The average Bonchev–Trinajstić information content (AvgIpc) is 2.40. The summed E-state index contributed by atoms with van der Waals surface area (Å²) in [6, 6.07) is 4.46. The van der Waals surface area contributed by atoms with Crippen LogP contribution in [-0.4, -0.2) is 44.1 Å². The van der Waals surface area contributed by atoms with Crippen LogP contribution in [0, 0.1) is 0 Å². The highest BCUT2D eigenvalue weighted by molar-refractivity contribution is 7.89. The topological polar surface area (TPSA) is 92.9 Å². The van der Waals surface area contributed by atoms with Crippen molar-refractivity contribution in [3.8, 4) is 5.75 Å². The highest BCUT2D eigenvalue weighted by Crippen LogP contribution is 2.29. The molecule has 1 aromatic rings. The van der Waals surface area contributed by atoms with Crippen molar-refractivity contribution >= 4 is 15.7 Å². The number of aliphatic hydroxyl groups excluding tert-OH is 1. The van der Waals surface area contributed by atoms with Crippen molar-refractivity contribution in [3.63, 3.8) is 0 Å². The highest BCUT2D eigenvalue weighted by atomic mass is 32.2. The van der Waals surface area contributed by atoms with Crippen molar-refractivity contribution in [1.29, 1.82) is 0 Å². The lowest BCUT2D eigenvalue weighted by atomic mass is 10.3. The number of nitrogens with zero attached hydrogens (tertiary/aromatic N) is 1. The molecule has 0 saturated carbocycles. The zero-order chi connectivity index (χ0) is 15.2. The molecule has 0 saturated heterocycles. The highest BCUT2D eigenvalue weighted by Gasteiger charge is 2.27. The fraction of sp³-hybridized carbons (Fsp3) is 0.385. The third kappa shape index (κ3) is 3.72. The number of hydrogen-bond acceptors (Lipinski definition) is 5. The maximum absolute atomic E-state index is 12.6. The van der Waals surface area contributed by atoms with E-state index in [1.54, 1.807) is 13.0 Å². The molecule has 0 spiro atoms. The van der Waals surface area contributed by atoms with E-state index in [-0.39, 0.29) is 30.3 Å². The molecule has 20 heavy (non-hydrogen) atoms. The molecule has 0 fully saturated rings. The summed E-state index contributed by atoms with van der Waals surface area (Å²) < 4.78 is 31.6. The number of rotatable bonds is 8. The van der Waals surface area contributed by atoms with Crippen molar-refractivity contribution in [3.05, 3.63) is 30.9 Å². The van der Waals surface area contributed by atoms with Crippen molar-refractivity contribution in [2.24, 2.45) is 0 Å². The molecule has 0 aliphatic rings. The predicted octanol–water partition coefficient (Wildman–Crippen LogP) is 0.836. The van der Waals surface area contributed by atoms with Gasteiger partial charge in [-0.05, 0) is 25.1 Å². The van der Waals surface area contributed by atoms with E-state index >= 15 is 0 Å². The van der Waals surface area contributed by atoms with E-state index in [1.807, 2.05) is 0 Å². The Morgan fingerprint density at radius 1 is 1.50 bits per heavy atom. The largest absolute Gasteiger partial charge is 0.492 e. The Bertz CT molecular complexity index is 557. The van der Waals surface area contributed by atoms with Crippen molar-refractivity contribution < 1.29 is 18.3 Å². The lowest BCUT2D eigenvalue weighted by Gasteiger charge is -2.21. The number of ether oxygens (including phenoxy) is 1. The summed E-state index contributed by atoms with van der Waals surface area (Å²) in [5, 5.41) is 9.00. The van der Waals surface area contributed by atoms with Crippen LogP contribution in [0.4, 0.5) is 5.69 Å². The Morgan fingerprint density at radius 3 is 2.75 bits per heavy atom. The summed E-state index contributed by atoms with van der Waals surface area (Å²) in [6.45, 7) is 5.43. The van der Waals surface area contributed by atoms with E-state index < -0.39 is 10.0 Å². The minimum Gasteiger partial charge on any atom is -0.492 e. The maximum Gasteiger partial charge on any atom is 0.247 e. The molecule has 0 unspecified atom stereocenters. The summed E-state index contributed by atoms with van der Waals surface area (Å²) in [4.78, 5) is -0.00495. The van der Waals surface area contributed by atoms with Crippen LogP contribution in [0.2, 0.25) is 0 Å². The SMILES string of the molecule is C=CCN(CCO)S(=O)(=O)c1cc(N)ccc1OCC. The Kier molecular flexibility index (Phi) is 6.00. The van der Waals surface area contributed by atoms with Crippen molar-refractivity contribution in [2.45, 2.75) is 11.8 Å². The molecule has 1 aromatic carbocycles. The lowest BCUT2D eigenvalue weighted by molar-refractivity contribution is 0.259. The van der Waals surface area contributed by atoms with E-state index in [2.05, 4.69) is 6.58 Å². The van der Waals surface area contributed by atoms with Crippen LogP contribution in [0.25, 0.3) is 0 Å². The number of sulfonamides is 1. The molecule has 0 bridgehead atoms. The maximum atomic E-state index is 12.6. The van der Waals surface area contributed by atoms with E-state index in [0.29, 0.717) is 12.3 Å². The molecule has 0 radical (unpaired) electrons. The third-order valence-electron chi connectivity index (χ3n) is 2.57. The van der Waals surface area contributed by atoms with Gasteiger partial charge >= 0.3 is 0 Å². The molecular weight excluding hydrogens is 280 g/mol. The third-order valence-corrected chi connectivity index (χ3v) is 4.45. The number of benzene rings is 1. The Balaban J connectivity index is 3.30. The van der Waals surface area contributed by atoms with Gasteiger partial charge in [-0.25, -0.2) is 8.42 Å². The fourth-order valence-corrected chi connectivity index (χ4v) is 3.27. The van der Waals surface area contributed by atoms with Gasteiger partial charge in [0.15, 0.2) is 0 Å². The van der Waals surface area contributed by atoms with E-state index in [4.69, 9.17) is 15.6 Å². The predicted molar refractivity (Wildman–Crippen MR) is 78.1 cm³/mol. The first-order valence-corrected chi connectivity index (χ1v) is 7.65. The van der Waals surface area contributed by atoms with Gasteiger partial charge in [-0.3, -0.25) is 0 Å². The monoisotopic (exact) mass is 300 g/mol. The van der Waals surface area contributed by atoms with Crippen LogP contribution in [-0.2, 0) is 10.0 Å². The van der Waals surface area contributed by atoms with E-state index in [0.717, 1.165) is 4.31 Å². The van der Waals surface area contributed by atoms with Gasteiger partial charge in [0, 0.05) is 18.8 Å². The first kappa shape index (κ1) is 16.5. The van der Waals surface area contributed by atoms with Crippen LogP contribution in [0.15, 0.2) is 35.7 Å². The van der Waals surface area contributed by atoms with Crippen molar-refractivity contribution in [2.75, 3.05) is 32.0 Å². The fourth-order valence-electron chi connectivity index (χ4n) is 1.71. The Hall–Kier alpha value is -1.57. The number of anilines is 1. The minimum absolute atomic E-state index is 0.00495. The van der Waals surface area contributed by atoms with Crippen LogP contribution in [0.1, 0.15) is 6.92 Å². The molecule has 0 amide bonds. The zero-order valence-electron chi connectivity index (χ0n) is 11.4. The molecule has 6 nitrogen and oxygen atoms in total. The smallest absolute Gasteiger partial charge is 0.247 e. The van der Waals surface area contributed by atoms with Crippen LogP contribution in [0.5, 0.6) is 5.75 Å². The van der Waals surface area contributed by atoms with Crippen molar-refractivity contribution in [1.82, 2.24) is 4.31 Å². The zero-order valence-corrected chi connectivity index (χ0v) is 12.3. The van der Waals surface area contributed by atoms with E-state index in [9.17, 15) is 8.42 Å². The quantitative estimate of drug-likeness (QED) is 0.548.